The molecule has 0 radical (unpaired) electrons. The molecule has 0 spiro atoms. The van der Waals surface area contributed by atoms with Crippen LogP contribution in [0.5, 0.6) is 0 Å². The van der Waals surface area contributed by atoms with E-state index in [1.54, 1.807) is 0 Å². The van der Waals surface area contributed by atoms with Crippen molar-refractivity contribution >= 4 is 12.2 Å². The van der Waals surface area contributed by atoms with Crippen LogP contribution >= 0.6 is 12.2 Å². The Bertz CT molecular complexity index is 573. The normalized spacial score (nSPS) is 28.9. The van der Waals surface area contributed by atoms with E-state index in [9.17, 15) is 15.0 Å². The maximum Gasteiger partial charge on any atom is 0.251 e. The van der Waals surface area contributed by atoms with E-state index in [4.69, 9.17) is 26.4 Å². The highest BCUT2D eigenvalue weighted by Crippen LogP contribution is 2.31. The van der Waals surface area contributed by atoms with Crippen LogP contribution in [0.4, 0.5) is 0 Å². The number of aromatic amines is 1. The molecule has 4 atom stereocenters. The van der Waals surface area contributed by atoms with Crippen molar-refractivity contribution in [3.8, 4) is 0 Å². The molecule has 1 fully saturated rings. The topological polar surface area (TPSA) is 106 Å². The number of nitrogens with zero attached hydrogens (tertiary/aromatic N) is 1. The second-order valence-electron chi connectivity index (χ2n) is 4.58. The van der Waals surface area contributed by atoms with Crippen molar-refractivity contribution in [2.45, 2.75) is 24.5 Å². The molecule has 0 aliphatic carbocycles. The fourth-order valence-electron chi connectivity index (χ4n) is 2.17. The van der Waals surface area contributed by atoms with Crippen LogP contribution in [0.1, 0.15) is 6.23 Å². The highest BCUT2D eigenvalue weighted by Gasteiger charge is 2.45. The largest absolute Gasteiger partial charge is 0.394 e. The molecule has 21 heavy (non-hydrogen) atoms. The molecule has 3 N–H and O–H groups in total. The molecule has 0 amide bonds. The Morgan fingerprint density at radius 3 is 2.90 bits per heavy atom. The molecule has 1 aromatic rings. The fraction of sp³-hybridized carbons (Fsp3) is 0.667. The van der Waals surface area contributed by atoms with Gasteiger partial charge in [0.15, 0.2) is 11.0 Å². The van der Waals surface area contributed by atoms with Gasteiger partial charge in [-0.3, -0.25) is 14.3 Å². The van der Waals surface area contributed by atoms with E-state index in [1.807, 2.05) is 0 Å². The summed E-state index contributed by atoms with van der Waals surface area (Å²) < 4.78 is 17.7. The number of ether oxygens (including phenoxy) is 3. The summed E-state index contributed by atoms with van der Waals surface area (Å²) in [5.41, 5.74) is -0.328. The van der Waals surface area contributed by atoms with Gasteiger partial charge in [-0.1, -0.05) is 0 Å². The average Bonchev–Trinajstić information content (AvgIpc) is 2.76. The summed E-state index contributed by atoms with van der Waals surface area (Å²) in [4.78, 5) is 13.7. The summed E-state index contributed by atoms with van der Waals surface area (Å²) in [5, 5.41) is 19.4. The molecule has 0 saturated carbocycles. The second kappa shape index (κ2) is 7.25. The first kappa shape index (κ1) is 16.3. The molecule has 1 aliphatic heterocycles. The molecule has 118 valence electrons. The van der Waals surface area contributed by atoms with Gasteiger partial charge in [-0.2, -0.15) is 0 Å². The average molecular weight is 318 g/mol. The molecule has 8 nitrogen and oxygen atoms in total. The van der Waals surface area contributed by atoms with E-state index in [0.717, 1.165) is 0 Å². The number of methoxy groups -OCH3 is 1. The first-order valence-corrected chi connectivity index (χ1v) is 6.85. The summed E-state index contributed by atoms with van der Waals surface area (Å²) >= 11 is 5.08. The Balaban J connectivity index is 2.25. The van der Waals surface area contributed by atoms with Gasteiger partial charge >= 0.3 is 0 Å². The van der Waals surface area contributed by atoms with Gasteiger partial charge in [-0.05, 0) is 12.2 Å². The SMILES string of the molecule is COCCO[C@@H]1[C@H](O)[C@@H](CO)O[C@H]1n1ccc(=O)[nH]c1=S. The van der Waals surface area contributed by atoms with E-state index in [1.165, 1.54) is 23.9 Å². The predicted octanol–water partition coefficient (Wildman–Crippen LogP) is -0.812. The maximum absolute atomic E-state index is 11.2. The van der Waals surface area contributed by atoms with Crippen LogP contribution in [0.15, 0.2) is 17.1 Å². The van der Waals surface area contributed by atoms with Gasteiger partial charge in [0.2, 0.25) is 0 Å². The zero-order valence-corrected chi connectivity index (χ0v) is 12.3. The lowest BCUT2D eigenvalue weighted by Crippen LogP contribution is -2.36. The van der Waals surface area contributed by atoms with Gasteiger partial charge in [0.1, 0.15) is 18.3 Å². The van der Waals surface area contributed by atoms with Gasteiger partial charge in [0, 0.05) is 19.4 Å². The standard InChI is InChI=1S/C12H18N2O6S/c1-18-4-5-19-10-9(17)7(6-15)20-11(10)14-3-2-8(16)13-12(14)21/h2-3,7,9-11,15,17H,4-6H2,1H3,(H,13,16,21)/t7-,9-,10-,11-/m1/s1. The van der Waals surface area contributed by atoms with Crippen LogP contribution in [-0.2, 0) is 14.2 Å². The summed E-state index contributed by atoms with van der Waals surface area (Å²) in [6.45, 7) is 0.266. The summed E-state index contributed by atoms with van der Waals surface area (Å²) in [6, 6.07) is 1.30. The molecule has 2 rings (SSSR count). The molecule has 2 heterocycles. The van der Waals surface area contributed by atoms with E-state index in [2.05, 4.69) is 4.98 Å². The molecular weight excluding hydrogens is 300 g/mol. The summed E-state index contributed by atoms with van der Waals surface area (Å²) in [5.74, 6) is 0. The molecule has 0 unspecified atom stereocenters. The molecule has 1 aromatic heterocycles. The number of aliphatic hydroxyl groups is 2. The highest BCUT2D eigenvalue weighted by molar-refractivity contribution is 7.71. The minimum absolute atomic E-state index is 0.152. The van der Waals surface area contributed by atoms with Crippen molar-refractivity contribution in [1.29, 1.82) is 0 Å². The van der Waals surface area contributed by atoms with Crippen LogP contribution in [0.25, 0.3) is 0 Å². The third-order valence-electron chi connectivity index (χ3n) is 3.22. The first-order valence-electron chi connectivity index (χ1n) is 6.45. The molecule has 9 heteroatoms. The number of hydrogen-bond donors (Lipinski definition) is 3. The number of aromatic nitrogens is 2. The predicted molar refractivity (Wildman–Crippen MR) is 74.5 cm³/mol. The zero-order chi connectivity index (χ0) is 15.4. The molecular formula is C12H18N2O6S. The lowest BCUT2D eigenvalue weighted by atomic mass is 10.1. The Hall–Kier alpha value is -1.10. The monoisotopic (exact) mass is 318 g/mol. The van der Waals surface area contributed by atoms with Gasteiger partial charge < -0.3 is 24.4 Å². The van der Waals surface area contributed by atoms with Crippen LogP contribution < -0.4 is 5.56 Å². The summed E-state index contributed by atoms with van der Waals surface area (Å²) in [6.07, 6.45) is -1.79. The van der Waals surface area contributed by atoms with Crippen LogP contribution in [-0.4, -0.2) is 65.0 Å². The number of rotatable bonds is 6. The number of aliphatic hydroxyl groups excluding tert-OH is 2. The molecule has 1 aliphatic rings. The number of hydrogen-bond acceptors (Lipinski definition) is 7. The third-order valence-corrected chi connectivity index (χ3v) is 3.53. The smallest absolute Gasteiger partial charge is 0.251 e. The molecule has 0 bridgehead atoms. The Morgan fingerprint density at radius 1 is 1.52 bits per heavy atom. The third kappa shape index (κ3) is 3.57. The van der Waals surface area contributed by atoms with Gasteiger partial charge in [-0.15, -0.1) is 0 Å². The van der Waals surface area contributed by atoms with Crippen molar-refractivity contribution < 1.29 is 24.4 Å². The van der Waals surface area contributed by atoms with Crippen LogP contribution in [0.3, 0.4) is 0 Å². The fourth-order valence-corrected chi connectivity index (χ4v) is 2.43. The summed E-state index contributed by atoms with van der Waals surface area (Å²) in [7, 11) is 1.54. The first-order chi connectivity index (χ1) is 10.1. The number of H-pyrrole nitrogens is 1. The second-order valence-corrected chi connectivity index (χ2v) is 4.97. The number of nitrogens with one attached hydrogen (secondary N) is 1. The van der Waals surface area contributed by atoms with Crippen LogP contribution in [0, 0.1) is 4.77 Å². The van der Waals surface area contributed by atoms with Crippen molar-refractivity contribution in [3.05, 3.63) is 27.4 Å². The maximum atomic E-state index is 11.2. The van der Waals surface area contributed by atoms with E-state index >= 15 is 0 Å². The minimum Gasteiger partial charge on any atom is -0.394 e. The lowest BCUT2D eigenvalue weighted by Gasteiger charge is -2.22. The molecule has 0 aromatic carbocycles. The van der Waals surface area contributed by atoms with Crippen molar-refractivity contribution in [2.75, 3.05) is 26.9 Å². The zero-order valence-electron chi connectivity index (χ0n) is 11.5. The Morgan fingerprint density at radius 2 is 2.29 bits per heavy atom. The Labute approximate surface area is 125 Å². The van der Waals surface area contributed by atoms with Crippen molar-refractivity contribution in [3.63, 3.8) is 0 Å². The highest BCUT2D eigenvalue weighted by atomic mass is 32.1. The van der Waals surface area contributed by atoms with Gasteiger partial charge in [-0.25, -0.2) is 0 Å². The van der Waals surface area contributed by atoms with Gasteiger partial charge in [0.25, 0.3) is 5.56 Å². The van der Waals surface area contributed by atoms with E-state index in [0.29, 0.717) is 6.61 Å². The van der Waals surface area contributed by atoms with Gasteiger partial charge in [0.05, 0.1) is 19.8 Å². The van der Waals surface area contributed by atoms with Crippen LogP contribution in [0.2, 0.25) is 0 Å². The van der Waals surface area contributed by atoms with Crippen molar-refractivity contribution in [1.82, 2.24) is 9.55 Å². The van der Waals surface area contributed by atoms with Crippen molar-refractivity contribution in [2.24, 2.45) is 0 Å². The lowest BCUT2D eigenvalue weighted by molar-refractivity contribution is -0.0811. The van der Waals surface area contributed by atoms with E-state index < -0.39 is 24.5 Å². The molecule has 1 saturated heterocycles. The quantitative estimate of drug-likeness (QED) is 0.465. The Kier molecular flexibility index (Phi) is 5.62. The minimum atomic E-state index is -1.01. The van der Waals surface area contributed by atoms with E-state index in [-0.39, 0.29) is 23.5 Å².